The Hall–Kier alpha value is -0.860. The second-order valence-electron chi connectivity index (χ2n) is 6.01. The van der Waals surface area contributed by atoms with Gasteiger partial charge in [0.25, 0.3) is 0 Å². The van der Waals surface area contributed by atoms with Gasteiger partial charge in [-0.1, -0.05) is 31.5 Å². The Morgan fingerprint density at radius 3 is 2.53 bits per heavy atom. The molecule has 19 heavy (non-hydrogen) atoms. The van der Waals surface area contributed by atoms with Crippen molar-refractivity contribution in [3.8, 4) is 0 Å². The molecule has 1 saturated carbocycles. The molecular formula is C17H27NO. The van der Waals surface area contributed by atoms with E-state index in [1.807, 2.05) is 0 Å². The molecule has 2 nitrogen and oxygen atoms in total. The van der Waals surface area contributed by atoms with Gasteiger partial charge in [0, 0.05) is 13.1 Å². The average Bonchev–Trinajstić information content (AvgIpc) is 2.35. The van der Waals surface area contributed by atoms with Crippen LogP contribution in [0, 0.1) is 19.8 Å². The molecule has 0 spiro atoms. The molecule has 1 aromatic carbocycles. The van der Waals surface area contributed by atoms with Crippen LogP contribution in [0.15, 0.2) is 18.2 Å². The molecule has 1 atom stereocenters. The van der Waals surface area contributed by atoms with Crippen LogP contribution in [-0.2, 0) is 0 Å². The van der Waals surface area contributed by atoms with E-state index in [1.54, 1.807) is 0 Å². The highest BCUT2D eigenvalue weighted by Crippen LogP contribution is 2.27. The van der Waals surface area contributed by atoms with E-state index < -0.39 is 0 Å². The Balaban J connectivity index is 1.93. The predicted molar refractivity (Wildman–Crippen MR) is 80.3 cm³/mol. The van der Waals surface area contributed by atoms with Crippen molar-refractivity contribution in [2.24, 2.45) is 5.92 Å². The van der Waals surface area contributed by atoms with Crippen LogP contribution < -0.4 is 0 Å². The fraction of sp³-hybridized carbons (Fsp3) is 0.647. The third kappa shape index (κ3) is 3.80. The van der Waals surface area contributed by atoms with Crippen molar-refractivity contribution in [1.82, 2.24) is 4.90 Å². The van der Waals surface area contributed by atoms with E-state index in [9.17, 15) is 5.11 Å². The molecule has 1 aliphatic rings. The van der Waals surface area contributed by atoms with Crippen LogP contribution in [0.4, 0.5) is 0 Å². The van der Waals surface area contributed by atoms with Crippen LogP contribution in [0.5, 0.6) is 0 Å². The number of likely N-dealkylation sites (N-methyl/N-ethyl adjacent to an activating group) is 1. The maximum absolute atomic E-state index is 10.4. The normalized spacial score (nSPS) is 17.5. The first kappa shape index (κ1) is 14.5. The zero-order valence-electron chi connectivity index (χ0n) is 12.5. The summed E-state index contributed by atoms with van der Waals surface area (Å²) < 4.78 is 0. The Labute approximate surface area is 117 Å². The minimum Gasteiger partial charge on any atom is -0.387 e. The van der Waals surface area contributed by atoms with Crippen LogP contribution in [0.3, 0.4) is 0 Å². The van der Waals surface area contributed by atoms with Crippen molar-refractivity contribution in [2.75, 3.05) is 19.6 Å². The van der Waals surface area contributed by atoms with Gasteiger partial charge in [0.05, 0.1) is 6.10 Å². The Morgan fingerprint density at radius 2 is 2.00 bits per heavy atom. The van der Waals surface area contributed by atoms with Gasteiger partial charge in [0.15, 0.2) is 0 Å². The maximum atomic E-state index is 10.4. The SMILES string of the molecule is CCN(CC1CCC1)CC(O)c1ccc(C)c(C)c1. The molecule has 1 aliphatic carbocycles. The highest BCUT2D eigenvalue weighted by Gasteiger charge is 2.21. The fourth-order valence-electron chi connectivity index (χ4n) is 2.70. The number of nitrogens with zero attached hydrogens (tertiary/aromatic N) is 1. The molecule has 106 valence electrons. The van der Waals surface area contributed by atoms with Gasteiger partial charge in [0.2, 0.25) is 0 Å². The number of benzene rings is 1. The largest absolute Gasteiger partial charge is 0.387 e. The van der Waals surface area contributed by atoms with Gasteiger partial charge in [-0.3, -0.25) is 0 Å². The molecule has 1 unspecified atom stereocenters. The van der Waals surface area contributed by atoms with Crippen LogP contribution in [-0.4, -0.2) is 29.6 Å². The van der Waals surface area contributed by atoms with Gasteiger partial charge in [-0.25, -0.2) is 0 Å². The van der Waals surface area contributed by atoms with Crippen LogP contribution >= 0.6 is 0 Å². The minimum absolute atomic E-state index is 0.362. The first-order valence-corrected chi connectivity index (χ1v) is 7.57. The summed E-state index contributed by atoms with van der Waals surface area (Å²) >= 11 is 0. The first-order valence-electron chi connectivity index (χ1n) is 7.57. The van der Waals surface area contributed by atoms with Gasteiger partial charge in [-0.2, -0.15) is 0 Å². The number of hydrogen-bond acceptors (Lipinski definition) is 2. The number of rotatable bonds is 6. The standard InChI is InChI=1S/C17H27NO/c1-4-18(11-15-6-5-7-15)12-17(19)16-9-8-13(2)14(3)10-16/h8-10,15,17,19H,4-7,11-12H2,1-3H3. The Morgan fingerprint density at radius 1 is 1.26 bits per heavy atom. The van der Waals surface area contributed by atoms with Crippen LogP contribution in [0.2, 0.25) is 0 Å². The van der Waals surface area contributed by atoms with Crippen LogP contribution in [0.25, 0.3) is 0 Å². The zero-order chi connectivity index (χ0) is 13.8. The van der Waals surface area contributed by atoms with E-state index in [1.165, 1.54) is 30.4 Å². The summed E-state index contributed by atoms with van der Waals surface area (Å²) in [4.78, 5) is 2.39. The molecule has 1 aromatic rings. The smallest absolute Gasteiger partial charge is 0.0917 e. The molecular weight excluding hydrogens is 234 g/mol. The van der Waals surface area contributed by atoms with Crippen molar-refractivity contribution >= 4 is 0 Å². The molecule has 0 amide bonds. The number of hydrogen-bond donors (Lipinski definition) is 1. The lowest BCUT2D eigenvalue weighted by Gasteiger charge is -2.32. The first-order chi connectivity index (χ1) is 9.10. The quantitative estimate of drug-likeness (QED) is 0.847. The van der Waals surface area contributed by atoms with Gasteiger partial charge in [-0.15, -0.1) is 0 Å². The summed E-state index contributed by atoms with van der Waals surface area (Å²) in [6.45, 7) is 9.34. The lowest BCUT2D eigenvalue weighted by Crippen LogP contribution is -2.35. The summed E-state index contributed by atoms with van der Waals surface area (Å²) in [6, 6.07) is 6.29. The molecule has 2 rings (SSSR count). The molecule has 0 radical (unpaired) electrons. The number of aliphatic hydroxyl groups excluding tert-OH is 1. The minimum atomic E-state index is -0.362. The summed E-state index contributed by atoms with van der Waals surface area (Å²) in [7, 11) is 0. The van der Waals surface area contributed by atoms with Gasteiger partial charge >= 0.3 is 0 Å². The molecule has 1 fully saturated rings. The predicted octanol–water partition coefficient (Wildman–Crippen LogP) is 3.46. The highest BCUT2D eigenvalue weighted by molar-refractivity contribution is 5.31. The van der Waals surface area contributed by atoms with Crippen molar-refractivity contribution in [1.29, 1.82) is 0 Å². The lowest BCUT2D eigenvalue weighted by atomic mass is 9.85. The second-order valence-corrected chi connectivity index (χ2v) is 6.01. The molecule has 2 heteroatoms. The summed E-state index contributed by atoms with van der Waals surface area (Å²) in [5.41, 5.74) is 3.60. The summed E-state index contributed by atoms with van der Waals surface area (Å²) in [6.07, 6.45) is 3.77. The highest BCUT2D eigenvalue weighted by atomic mass is 16.3. The van der Waals surface area contributed by atoms with Crippen molar-refractivity contribution in [3.05, 3.63) is 34.9 Å². The van der Waals surface area contributed by atoms with E-state index >= 15 is 0 Å². The van der Waals surface area contributed by atoms with E-state index in [0.29, 0.717) is 0 Å². The van der Waals surface area contributed by atoms with E-state index in [-0.39, 0.29) is 6.10 Å². The van der Waals surface area contributed by atoms with E-state index in [4.69, 9.17) is 0 Å². The summed E-state index contributed by atoms with van der Waals surface area (Å²) in [5, 5.41) is 10.4. The fourth-order valence-corrected chi connectivity index (χ4v) is 2.70. The Kier molecular flexibility index (Phi) is 5.00. The number of aliphatic hydroxyl groups is 1. The van der Waals surface area contributed by atoms with Gasteiger partial charge < -0.3 is 10.0 Å². The van der Waals surface area contributed by atoms with Crippen LogP contribution in [0.1, 0.15) is 49.0 Å². The lowest BCUT2D eigenvalue weighted by molar-refractivity contribution is 0.0941. The van der Waals surface area contributed by atoms with Crippen molar-refractivity contribution in [3.63, 3.8) is 0 Å². The zero-order valence-corrected chi connectivity index (χ0v) is 12.5. The third-order valence-electron chi connectivity index (χ3n) is 4.54. The molecule has 0 saturated heterocycles. The molecule has 0 aromatic heterocycles. The average molecular weight is 261 g/mol. The van der Waals surface area contributed by atoms with Gasteiger partial charge in [-0.05, 0) is 55.8 Å². The molecule has 0 bridgehead atoms. The monoisotopic (exact) mass is 261 g/mol. The topological polar surface area (TPSA) is 23.5 Å². The van der Waals surface area contributed by atoms with E-state index in [2.05, 4.69) is 43.9 Å². The van der Waals surface area contributed by atoms with E-state index in [0.717, 1.165) is 31.1 Å². The third-order valence-corrected chi connectivity index (χ3v) is 4.54. The van der Waals surface area contributed by atoms with Crippen molar-refractivity contribution < 1.29 is 5.11 Å². The van der Waals surface area contributed by atoms with Crippen molar-refractivity contribution in [2.45, 2.75) is 46.1 Å². The molecule has 0 aliphatic heterocycles. The van der Waals surface area contributed by atoms with Gasteiger partial charge in [0.1, 0.15) is 0 Å². The maximum Gasteiger partial charge on any atom is 0.0917 e. The summed E-state index contributed by atoms with van der Waals surface area (Å²) in [5.74, 6) is 0.868. The number of aryl methyl sites for hydroxylation is 2. The Bertz CT molecular complexity index is 412. The second kappa shape index (κ2) is 6.53. The molecule has 1 N–H and O–H groups in total. The molecule has 0 heterocycles.